The molecule has 37 heavy (non-hydrogen) atoms. The van der Waals surface area contributed by atoms with Crippen LogP contribution in [-0.2, 0) is 25.2 Å². The molecule has 0 spiro atoms. The van der Waals surface area contributed by atoms with E-state index >= 15 is 0 Å². The molecule has 1 aromatic heterocycles. The van der Waals surface area contributed by atoms with Gasteiger partial charge in [-0.2, -0.15) is 4.31 Å². The number of hydrogen-bond donors (Lipinski definition) is 1. The summed E-state index contributed by atoms with van der Waals surface area (Å²) in [6, 6.07) is 7.22. The zero-order valence-electron chi connectivity index (χ0n) is 22.1. The van der Waals surface area contributed by atoms with Gasteiger partial charge in [0.15, 0.2) is 0 Å². The molecule has 2 aromatic rings. The fourth-order valence-electron chi connectivity index (χ4n) is 5.32. The topological polar surface area (TPSA) is 109 Å². The highest BCUT2D eigenvalue weighted by atomic mass is 32.2. The number of aryl methyl sites for hydroxylation is 1. The van der Waals surface area contributed by atoms with Crippen LogP contribution in [0.5, 0.6) is 5.75 Å². The molecule has 1 amide bonds. The number of rotatable bonds is 7. The molecule has 10 heteroatoms. The van der Waals surface area contributed by atoms with Crippen molar-refractivity contribution >= 4 is 15.9 Å². The molecule has 0 aliphatic carbocycles. The van der Waals surface area contributed by atoms with Crippen LogP contribution in [0.25, 0.3) is 0 Å². The van der Waals surface area contributed by atoms with E-state index in [4.69, 9.17) is 9.47 Å². The molecule has 2 aliphatic rings. The van der Waals surface area contributed by atoms with Crippen molar-refractivity contribution in [1.82, 2.24) is 14.2 Å². The quantitative estimate of drug-likeness (QED) is 0.585. The Morgan fingerprint density at radius 1 is 1.16 bits per heavy atom. The smallest absolute Gasteiger partial charge is 0.248 e. The van der Waals surface area contributed by atoms with Crippen molar-refractivity contribution in [3.05, 3.63) is 52.8 Å². The first-order chi connectivity index (χ1) is 17.6. The molecule has 2 saturated heterocycles. The third-order valence-electron chi connectivity index (χ3n) is 7.66. The predicted octanol–water partition coefficient (Wildman–Crippen LogP) is 2.70. The van der Waals surface area contributed by atoms with Gasteiger partial charge in [-0.3, -0.25) is 9.78 Å². The fraction of sp³-hybridized carbons (Fsp3) is 0.556. The Morgan fingerprint density at radius 3 is 2.54 bits per heavy atom. The molecule has 0 bridgehead atoms. The number of amides is 1. The lowest BCUT2D eigenvalue weighted by atomic mass is 9.88. The van der Waals surface area contributed by atoms with Crippen molar-refractivity contribution in [1.29, 1.82) is 0 Å². The third-order valence-corrected chi connectivity index (χ3v) is 9.82. The number of benzene rings is 1. The number of likely N-dealkylation sites (tertiary alicyclic amines) is 1. The minimum absolute atomic E-state index is 0.111. The Hall–Kier alpha value is -2.53. The number of ether oxygens (including phenoxy) is 2. The van der Waals surface area contributed by atoms with E-state index in [0.29, 0.717) is 72.8 Å². The number of carbonyl (C=O) groups excluding carboxylic acids is 1. The lowest BCUT2D eigenvalue weighted by Gasteiger charge is -2.38. The second-order valence-electron chi connectivity index (χ2n) is 10.0. The lowest BCUT2D eigenvalue weighted by Crippen LogP contribution is -2.48. The molecule has 0 saturated carbocycles. The standard InChI is InChI=1S/C27H37N3O6S/c1-19-16-23(35-4)20(2)21(3)26(19)37(33,34)30-13-7-8-22(17-30)36-18-25(31)29-14-10-27(32,11-15-29)24-9-5-6-12-28-24/h5-6,9,12,16,22,32H,7-8,10-11,13-15,17-18H2,1-4H3. The maximum atomic E-state index is 13.6. The number of piperidine rings is 2. The summed E-state index contributed by atoms with van der Waals surface area (Å²) >= 11 is 0. The van der Waals surface area contributed by atoms with E-state index in [1.54, 1.807) is 43.3 Å². The van der Waals surface area contributed by atoms with E-state index in [0.717, 1.165) is 5.56 Å². The summed E-state index contributed by atoms with van der Waals surface area (Å²) in [4.78, 5) is 19.1. The van der Waals surface area contributed by atoms with E-state index in [1.807, 2.05) is 19.9 Å². The van der Waals surface area contributed by atoms with Crippen LogP contribution < -0.4 is 4.74 Å². The highest BCUT2D eigenvalue weighted by Crippen LogP contribution is 2.34. The van der Waals surface area contributed by atoms with Crippen molar-refractivity contribution in [3.8, 4) is 5.75 Å². The average molecular weight is 532 g/mol. The van der Waals surface area contributed by atoms with Crippen molar-refractivity contribution in [2.75, 3.05) is 39.9 Å². The number of aliphatic hydroxyl groups is 1. The zero-order chi connectivity index (χ0) is 26.8. The van der Waals surface area contributed by atoms with Crippen LogP contribution in [0.4, 0.5) is 0 Å². The van der Waals surface area contributed by atoms with Gasteiger partial charge in [0.1, 0.15) is 18.0 Å². The van der Waals surface area contributed by atoms with E-state index in [2.05, 4.69) is 4.98 Å². The first-order valence-electron chi connectivity index (χ1n) is 12.7. The normalized spacial score (nSPS) is 20.6. The van der Waals surface area contributed by atoms with Crippen molar-refractivity contribution in [2.45, 2.75) is 63.1 Å². The molecule has 0 radical (unpaired) electrons. The minimum atomic E-state index is -3.73. The van der Waals surface area contributed by atoms with Crippen LogP contribution in [0, 0.1) is 20.8 Å². The number of hydrogen-bond acceptors (Lipinski definition) is 7. The Balaban J connectivity index is 1.35. The lowest BCUT2D eigenvalue weighted by molar-refractivity contribution is -0.143. The van der Waals surface area contributed by atoms with Crippen molar-refractivity contribution in [2.24, 2.45) is 0 Å². The molecule has 2 aliphatic heterocycles. The number of sulfonamides is 1. The highest BCUT2D eigenvalue weighted by molar-refractivity contribution is 7.89. The molecular formula is C27H37N3O6S. The van der Waals surface area contributed by atoms with Gasteiger partial charge < -0.3 is 19.5 Å². The van der Waals surface area contributed by atoms with Gasteiger partial charge in [0.2, 0.25) is 15.9 Å². The molecule has 1 aromatic carbocycles. The molecule has 1 unspecified atom stereocenters. The summed E-state index contributed by atoms with van der Waals surface area (Å²) in [5, 5.41) is 11.0. The number of nitrogens with zero attached hydrogens (tertiary/aromatic N) is 3. The fourth-order valence-corrected chi connectivity index (χ4v) is 7.32. The summed E-state index contributed by atoms with van der Waals surface area (Å²) in [5.74, 6) is 0.518. The zero-order valence-corrected chi connectivity index (χ0v) is 22.9. The molecule has 1 atom stereocenters. The molecule has 1 N–H and O–H groups in total. The Bertz CT molecular complexity index is 1230. The summed E-state index contributed by atoms with van der Waals surface area (Å²) in [6.07, 6.45) is 3.47. The van der Waals surface area contributed by atoms with Crippen LogP contribution in [0.1, 0.15) is 48.1 Å². The van der Waals surface area contributed by atoms with Gasteiger partial charge in [0.25, 0.3) is 0 Å². The molecule has 202 valence electrons. The van der Waals surface area contributed by atoms with Gasteiger partial charge in [0.05, 0.1) is 23.8 Å². The van der Waals surface area contributed by atoms with Crippen LogP contribution in [0.15, 0.2) is 35.4 Å². The van der Waals surface area contributed by atoms with Gasteiger partial charge in [-0.25, -0.2) is 8.42 Å². The molecule has 2 fully saturated rings. The number of carbonyl (C=O) groups is 1. The number of pyridine rings is 1. The monoisotopic (exact) mass is 531 g/mol. The Kier molecular flexibility index (Phi) is 8.23. The second-order valence-corrected chi connectivity index (χ2v) is 11.9. The first kappa shape index (κ1) is 27.5. The van der Waals surface area contributed by atoms with Gasteiger partial charge in [-0.05, 0) is 81.3 Å². The number of methoxy groups -OCH3 is 1. The first-order valence-corrected chi connectivity index (χ1v) is 14.2. The molecule has 3 heterocycles. The van der Waals surface area contributed by atoms with Gasteiger partial charge in [-0.1, -0.05) is 6.07 Å². The highest BCUT2D eigenvalue weighted by Gasteiger charge is 2.37. The SMILES string of the molecule is COc1cc(C)c(S(=O)(=O)N2CCCC(OCC(=O)N3CCC(O)(c4ccccn4)CC3)C2)c(C)c1C. The van der Waals surface area contributed by atoms with E-state index in [-0.39, 0.29) is 25.2 Å². The van der Waals surface area contributed by atoms with E-state index in [1.165, 1.54) is 4.31 Å². The molecular weight excluding hydrogens is 494 g/mol. The molecule has 9 nitrogen and oxygen atoms in total. The number of aromatic nitrogens is 1. The van der Waals surface area contributed by atoms with Gasteiger partial charge in [-0.15, -0.1) is 0 Å². The van der Waals surface area contributed by atoms with E-state index < -0.39 is 15.6 Å². The maximum Gasteiger partial charge on any atom is 0.248 e. The summed E-state index contributed by atoms with van der Waals surface area (Å²) in [6.45, 7) is 6.79. The Labute approximate surface area is 219 Å². The van der Waals surface area contributed by atoms with Crippen LogP contribution in [0.2, 0.25) is 0 Å². The van der Waals surface area contributed by atoms with Crippen molar-refractivity contribution in [3.63, 3.8) is 0 Å². The molecule has 4 rings (SSSR count). The van der Waals surface area contributed by atoms with Crippen molar-refractivity contribution < 1.29 is 27.8 Å². The largest absolute Gasteiger partial charge is 0.496 e. The minimum Gasteiger partial charge on any atom is -0.496 e. The second kappa shape index (κ2) is 11.1. The summed E-state index contributed by atoms with van der Waals surface area (Å²) in [7, 11) is -2.16. The van der Waals surface area contributed by atoms with Crippen LogP contribution in [0.3, 0.4) is 0 Å². The third kappa shape index (κ3) is 5.67. The van der Waals surface area contributed by atoms with Crippen LogP contribution in [-0.4, -0.2) is 79.6 Å². The summed E-state index contributed by atoms with van der Waals surface area (Å²) in [5.41, 5.74) is 1.73. The average Bonchev–Trinajstić information content (AvgIpc) is 2.90. The van der Waals surface area contributed by atoms with Gasteiger partial charge >= 0.3 is 0 Å². The van der Waals surface area contributed by atoms with Gasteiger partial charge in [0, 0.05) is 32.4 Å². The predicted molar refractivity (Wildman–Crippen MR) is 139 cm³/mol. The van der Waals surface area contributed by atoms with Crippen LogP contribution >= 0.6 is 0 Å². The summed E-state index contributed by atoms with van der Waals surface area (Å²) < 4.78 is 40.0. The maximum absolute atomic E-state index is 13.6. The Morgan fingerprint density at radius 2 is 1.89 bits per heavy atom. The van der Waals surface area contributed by atoms with E-state index in [9.17, 15) is 18.3 Å².